The minimum Gasteiger partial charge on any atom is -0.312 e. The third kappa shape index (κ3) is 2.96. The number of hydrogen-bond donors (Lipinski definition) is 1. The van der Waals surface area contributed by atoms with E-state index < -0.39 is 0 Å². The number of thiazole rings is 1. The first kappa shape index (κ1) is 13.6. The number of likely N-dealkylation sites (N-methyl/N-ethyl adjacent to an activating group) is 1. The van der Waals surface area contributed by atoms with Gasteiger partial charge in [-0.25, -0.2) is 9.37 Å². The summed E-state index contributed by atoms with van der Waals surface area (Å²) in [4.78, 5) is 5.41. The number of hydrogen-bond acceptors (Lipinski definition) is 3. The van der Waals surface area contributed by atoms with Crippen LogP contribution in [0.4, 0.5) is 4.39 Å². The summed E-state index contributed by atoms with van der Waals surface area (Å²) in [6.45, 7) is 1.98. The second kappa shape index (κ2) is 5.91. The average molecular weight is 329 g/mol. The molecule has 2 nitrogen and oxygen atoms in total. The maximum atomic E-state index is 13.7. The topological polar surface area (TPSA) is 24.9 Å². The summed E-state index contributed by atoms with van der Waals surface area (Å²) in [6.07, 6.45) is 0.616. The minimum absolute atomic E-state index is 0.0984. The van der Waals surface area contributed by atoms with E-state index in [-0.39, 0.29) is 11.9 Å². The van der Waals surface area contributed by atoms with Gasteiger partial charge < -0.3 is 5.32 Å². The smallest absolute Gasteiger partial charge is 0.126 e. The van der Waals surface area contributed by atoms with Crippen molar-refractivity contribution in [2.24, 2.45) is 0 Å². The van der Waals surface area contributed by atoms with Crippen molar-refractivity contribution in [1.29, 1.82) is 0 Å². The van der Waals surface area contributed by atoms with Crippen LogP contribution in [0.2, 0.25) is 0 Å². The summed E-state index contributed by atoms with van der Waals surface area (Å²) >= 11 is 4.98. The highest BCUT2D eigenvalue weighted by Gasteiger charge is 2.16. The first-order valence-electron chi connectivity index (χ1n) is 5.63. The third-order valence-corrected chi connectivity index (χ3v) is 4.42. The zero-order valence-corrected chi connectivity index (χ0v) is 12.6. The fourth-order valence-electron chi connectivity index (χ4n) is 1.89. The lowest BCUT2D eigenvalue weighted by Gasteiger charge is -2.16. The Bertz CT molecular complexity index is 542. The highest BCUT2D eigenvalue weighted by molar-refractivity contribution is 9.10. The molecule has 0 radical (unpaired) electrons. The molecule has 1 N–H and O–H groups in total. The highest BCUT2D eigenvalue weighted by atomic mass is 79.9. The first-order valence-corrected chi connectivity index (χ1v) is 7.30. The predicted octanol–water partition coefficient (Wildman–Crippen LogP) is 3.86. The Morgan fingerprint density at radius 1 is 1.50 bits per heavy atom. The Morgan fingerprint density at radius 3 is 2.89 bits per heavy atom. The maximum Gasteiger partial charge on any atom is 0.126 e. The molecule has 0 aliphatic heterocycles. The Hall–Kier alpha value is -0.780. The molecule has 0 bridgehead atoms. The molecule has 0 saturated carbocycles. The molecule has 18 heavy (non-hydrogen) atoms. The van der Waals surface area contributed by atoms with Crippen LogP contribution in [0.1, 0.15) is 22.2 Å². The number of nitrogens with zero attached hydrogens (tertiary/aromatic N) is 1. The van der Waals surface area contributed by atoms with Gasteiger partial charge in [0.05, 0.1) is 11.2 Å². The molecule has 0 fully saturated rings. The molecule has 1 heterocycles. The minimum atomic E-state index is -0.166. The van der Waals surface area contributed by atoms with Crippen LogP contribution in [-0.2, 0) is 6.42 Å². The molecule has 1 atom stereocenters. The fraction of sp³-hybridized carbons (Fsp3) is 0.308. The van der Waals surface area contributed by atoms with Gasteiger partial charge in [0, 0.05) is 15.4 Å². The molecule has 0 amide bonds. The van der Waals surface area contributed by atoms with E-state index in [0.29, 0.717) is 12.0 Å². The molecular weight excluding hydrogens is 315 g/mol. The lowest BCUT2D eigenvalue weighted by Crippen LogP contribution is -2.19. The van der Waals surface area contributed by atoms with E-state index in [0.717, 1.165) is 15.0 Å². The summed E-state index contributed by atoms with van der Waals surface area (Å²) in [7, 11) is 1.89. The highest BCUT2D eigenvalue weighted by Crippen LogP contribution is 2.26. The van der Waals surface area contributed by atoms with Crippen molar-refractivity contribution >= 4 is 27.3 Å². The number of nitrogens with one attached hydrogen (secondary N) is 1. The van der Waals surface area contributed by atoms with Gasteiger partial charge in [0.2, 0.25) is 0 Å². The zero-order chi connectivity index (χ0) is 13.1. The predicted molar refractivity (Wildman–Crippen MR) is 76.5 cm³/mol. The SMILES string of the molecule is CNC(Cc1cc(Br)ccc1F)c1scnc1C. The molecule has 0 aliphatic carbocycles. The molecule has 0 spiro atoms. The molecule has 1 aromatic carbocycles. The van der Waals surface area contributed by atoms with Crippen molar-refractivity contribution in [3.8, 4) is 0 Å². The van der Waals surface area contributed by atoms with E-state index in [1.165, 1.54) is 6.07 Å². The largest absolute Gasteiger partial charge is 0.312 e. The number of halogens is 2. The van der Waals surface area contributed by atoms with Crippen molar-refractivity contribution in [1.82, 2.24) is 10.3 Å². The van der Waals surface area contributed by atoms with Gasteiger partial charge in [0.25, 0.3) is 0 Å². The van der Waals surface area contributed by atoms with E-state index >= 15 is 0 Å². The monoisotopic (exact) mass is 328 g/mol. The molecule has 0 aliphatic rings. The number of aromatic nitrogens is 1. The lowest BCUT2D eigenvalue weighted by molar-refractivity contribution is 0.557. The molecule has 1 unspecified atom stereocenters. The third-order valence-electron chi connectivity index (χ3n) is 2.88. The van der Waals surface area contributed by atoms with Crippen LogP contribution in [0.25, 0.3) is 0 Å². The molecule has 2 rings (SSSR count). The van der Waals surface area contributed by atoms with Gasteiger partial charge in [-0.3, -0.25) is 0 Å². The Kier molecular flexibility index (Phi) is 4.48. The van der Waals surface area contributed by atoms with Gasteiger partial charge in [-0.1, -0.05) is 15.9 Å². The Labute approximate surface area is 118 Å². The Balaban J connectivity index is 2.26. The van der Waals surface area contributed by atoms with E-state index in [2.05, 4.69) is 26.2 Å². The van der Waals surface area contributed by atoms with Crippen molar-refractivity contribution in [2.75, 3.05) is 7.05 Å². The van der Waals surface area contributed by atoms with Crippen molar-refractivity contribution in [2.45, 2.75) is 19.4 Å². The molecule has 2 aromatic rings. The van der Waals surface area contributed by atoms with Crippen LogP contribution in [0, 0.1) is 12.7 Å². The summed E-state index contributed by atoms with van der Waals surface area (Å²) in [5, 5.41) is 3.23. The molecular formula is C13H14BrFN2S. The van der Waals surface area contributed by atoms with Crippen molar-refractivity contribution < 1.29 is 4.39 Å². The van der Waals surface area contributed by atoms with Gasteiger partial charge in [-0.15, -0.1) is 11.3 Å². The fourth-order valence-corrected chi connectivity index (χ4v) is 3.21. The van der Waals surface area contributed by atoms with Gasteiger partial charge in [-0.05, 0) is 44.2 Å². The van der Waals surface area contributed by atoms with Crippen molar-refractivity contribution in [3.05, 3.63) is 50.1 Å². The molecule has 96 valence electrons. The van der Waals surface area contributed by atoms with Crippen LogP contribution < -0.4 is 5.32 Å². The second-order valence-electron chi connectivity index (χ2n) is 4.08. The summed E-state index contributed by atoms with van der Waals surface area (Å²) in [6, 6.07) is 5.13. The number of aryl methyl sites for hydroxylation is 1. The van der Waals surface area contributed by atoms with Gasteiger partial charge in [-0.2, -0.15) is 0 Å². The normalized spacial score (nSPS) is 12.7. The number of rotatable bonds is 4. The lowest BCUT2D eigenvalue weighted by atomic mass is 10.0. The van der Waals surface area contributed by atoms with E-state index in [1.807, 2.05) is 25.5 Å². The van der Waals surface area contributed by atoms with E-state index in [1.54, 1.807) is 17.4 Å². The quantitative estimate of drug-likeness (QED) is 0.921. The van der Waals surface area contributed by atoms with Crippen LogP contribution >= 0.6 is 27.3 Å². The average Bonchev–Trinajstić information content (AvgIpc) is 2.77. The zero-order valence-electron chi connectivity index (χ0n) is 10.2. The van der Waals surface area contributed by atoms with Gasteiger partial charge in [0.15, 0.2) is 0 Å². The molecule has 5 heteroatoms. The summed E-state index contributed by atoms with van der Waals surface area (Å²) < 4.78 is 14.6. The Morgan fingerprint density at radius 2 is 2.28 bits per heavy atom. The first-order chi connectivity index (χ1) is 8.61. The van der Waals surface area contributed by atoms with Crippen LogP contribution in [0.15, 0.2) is 28.2 Å². The van der Waals surface area contributed by atoms with Crippen LogP contribution in [-0.4, -0.2) is 12.0 Å². The number of benzene rings is 1. The van der Waals surface area contributed by atoms with Crippen LogP contribution in [0.3, 0.4) is 0 Å². The van der Waals surface area contributed by atoms with Crippen molar-refractivity contribution in [3.63, 3.8) is 0 Å². The van der Waals surface area contributed by atoms with Gasteiger partial charge in [0.1, 0.15) is 5.82 Å². The summed E-state index contributed by atoms with van der Waals surface area (Å²) in [5.74, 6) is -0.166. The van der Waals surface area contributed by atoms with E-state index in [9.17, 15) is 4.39 Å². The summed E-state index contributed by atoms with van der Waals surface area (Å²) in [5.41, 5.74) is 3.54. The second-order valence-corrected chi connectivity index (χ2v) is 5.89. The van der Waals surface area contributed by atoms with Crippen LogP contribution in [0.5, 0.6) is 0 Å². The molecule has 1 aromatic heterocycles. The standard InChI is InChI=1S/C13H14BrFN2S/c1-8-13(18-7-17-8)12(16-2)6-9-5-10(14)3-4-11(9)15/h3-5,7,12,16H,6H2,1-2H3. The van der Waals surface area contributed by atoms with Gasteiger partial charge >= 0.3 is 0 Å². The maximum absolute atomic E-state index is 13.7. The molecule has 0 saturated heterocycles. The van der Waals surface area contributed by atoms with E-state index in [4.69, 9.17) is 0 Å².